The monoisotopic (exact) mass is 343 g/mol. The topological polar surface area (TPSA) is 72.6 Å². The molecule has 9 heteroatoms. The molecular weight excluding hydrogens is 335 g/mol. The van der Waals surface area contributed by atoms with Crippen LogP contribution < -0.4 is 4.74 Å². The van der Waals surface area contributed by atoms with Crippen LogP contribution in [0.25, 0.3) is 0 Å². The van der Waals surface area contributed by atoms with Gasteiger partial charge in [0.05, 0.1) is 21.9 Å². The van der Waals surface area contributed by atoms with Gasteiger partial charge in [-0.05, 0) is 22.0 Å². The lowest BCUT2D eigenvalue weighted by molar-refractivity contribution is -0.386. The summed E-state index contributed by atoms with van der Waals surface area (Å²) >= 11 is 2.99. The van der Waals surface area contributed by atoms with Crippen molar-refractivity contribution in [3.8, 4) is 5.75 Å². The number of para-hydroxylation sites is 1. The molecule has 0 aromatic heterocycles. The molecule has 106 valence electrons. The SMILES string of the molecule is O=[N+]([O-])c1cccc(Br)c1OC[C@H](O)CC(F)(F)F. The van der Waals surface area contributed by atoms with Crippen LogP contribution >= 0.6 is 15.9 Å². The summed E-state index contributed by atoms with van der Waals surface area (Å²) in [7, 11) is 0. The lowest BCUT2D eigenvalue weighted by Crippen LogP contribution is -2.25. The van der Waals surface area contributed by atoms with Gasteiger partial charge in [-0.15, -0.1) is 0 Å². The van der Waals surface area contributed by atoms with Crippen molar-refractivity contribution < 1.29 is 27.9 Å². The van der Waals surface area contributed by atoms with E-state index >= 15 is 0 Å². The predicted octanol–water partition coefficient (Wildman–Crippen LogP) is 3.05. The average Bonchev–Trinajstić information content (AvgIpc) is 2.24. The Kier molecular flexibility index (Phi) is 5.12. The van der Waals surface area contributed by atoms with Gasteiger partial charge < -0.3 is 9.84 Å². The highest BCUT2D eigenvalue weighted by molar-refractivity contribution is 9.10. The molecule has 0 saturated heterocycles. The summed E-state index contributed by atoms with van der Waals surface area (Å²) in [6.07, 6.45) is -7.75. The quantitative estimate of drug-likeness (QED) is 0.658. The van der Waals surface area contributed by atoms with Crippen molar-refractivity contribution in [2.24, 2.45) is 0 Å². The van der Waals surface area contributed by atoms with E-state index in [2.05, 4.69) is 15.9 Å². The fourth-order valence-electron chi connectivity index (χ4n) is 1.29. The largest absolute Gasteiger partial charge is 0.483 e. The highest BCUT2D eigenvalue weighted by atomic mass is 79.9. The van der Waals surface area contributed by atoms with Crippen molar-refractivity contribution in [3.05, 3.63) is 32.8 Å². The second kappa shape index (κ2) is 6.20. The van der Waals surface area contributed by atoms with E-state index in [0.29, 0.717) is 0 Å². The van der Waals surface area contributed by atoms with E-state index in [4.69, 9.17) is 9.84 Å². The molecule has 5 nitrogen and oxygen atoms in total. The molecule has 1 rings (SSSR count). The zero-order valence-corrected chi connectivity index (χ0v) is 10.9. The second-order valence-electron chi connectivity index (χ2n) is 3.63. The van der Waals surface area contributed by atoms with E-state index in [9.17, 15) is 23.3 Å². The number of nitrogens with zero attached hydrogens (tertiary/aromatic N) is 1. The molecule has 1 aromatic rings. The Morgan fingerprint density at radius 1 is 1.47 bits per heavy atom. The fourth-order valence-corrected chi connectivity index (χ4v) is 1.76. The third-order valence-electron chi connectivity index (χ3n) is 2.03. The Balaban J connectivity index is 2.75. The maximum absolute atomic E-state index is 12.0. The van der Waals surface area contributed by atoms with Crippen molar-refractivity contribution in [2.75, 3.05) is 6.61 Å². The molecule has 0 fully saturated rings. The first kappa shape index (κ1) is 15.7. The van der Waals surface area contributed by atoms with Gasteiger partial charge in [-0.25, -0.2) is 0 Å². The normalized spacial score (nSPS) is 13.1. The Bertz CT molecular complexity index is 467. The van der Waals surface area contributed by atoms with Crippen LogP contribution in [0.2, 0.25) is 0 Å². The second-order valence-corrected chi connectivity index (χ2v) is 4.48. The van der Waals surface area contributed by atoms with Crippen molar-refractivity contribution in [2.45, 2.75) is 18.7 Å². The van der Waals surface area contributed by atoms with Crippen LogP contribution in [0.5, 0.6) is 5.75 Å². The molecule has 0 amide bonds. The van der Waals surface area contributed by atoms with E-state index in [1.807, 2.05) is 0 Å². The number of aliphatic hydroxyl groups excluding tert-OH is 1. The number of halogens is 4. The Labute approximate surface area is 114 Å². The van der Waals surface area contributed by atoms with Gasteiger partial charge in [0.2, 0.25) is 5.75 Å². The molecule has 0 saturated carbocycles. The molecule has 0 radical (unpaired) electrons. The zero-order chi connectivity index (χ0) is 14.6. The maximum Gasteiger partial charge on any atom is 0.391 e. The minimum atomic E-state index is -4.53. The summed E-state index contributed by atoms with van der Waals surface area (Å²) in [5.41, 5.74) is -0.395. The molecule has 0 heterocycles. The standard InChI is InChI=1S/C10H9BrF3NO4/c11-7-2-1-3-8(15(17)18)9(7)19-5-6(16)4-10(12,13)14/h1-3,6,16H,4-5H2/t6-/m1/s1. The van der Waals surface area contributed by atoms with Crippen LogP contribution in [0.4, 0.5) is 18.9 Å². The number of benzene rings is 1. The van der Waals surface area contributed by atoms with Crippen LogP contribution in [0.3, 0.4) is 0 Å². The van der Waals surface area contributed by atoms with Gasteiger partial charge >= 0.3 is 11.9 Å². The minimum absolute atomic E-state index is 0.214. The lowest BCUT2D eigenvalue weighted by atomic mass is 10.2. The van der Waals surface area contributed by atoms with E-state index in [1.54, 1.807) is 0 Å². The molecule has 0 aliphatic heterocycles. The van der Waals surface area contributed by atoms with Crippen LogP contribution in [0, 0.1) is 10.1 Å². The lowest BCUT2D eigenvalue weighted by Gasteiger charge is -2.14. The van der Waals surface area contributed by atoms with Gasteiger partial charge in [0.25, 0.3) is 0 Å². The number of nitro groups is 1. The Morgan fingerprint density at radius 3 is 2.63 bits per heavy atom. The summed E-state index contributed by atoms with van der Waals surface area (Å²) in [5, 5.41) is 19.8. The van der Waals surface area contributed by atoms with E-state index < -0.39 is 35.9 Å². The maximum atomic E-state index is 12.0. The summed E-state index contributed by atoms with van der Waals surface area (Å²) in [6, 6.07) is 3.98. The first-order valence-corrected chi connectivity index (χ1v) is 5.80. The molecule has 0 bridgehead atoms. The molecule has 1 aromatic carbocycles. The number of hydrogen-bond acceptors (Lipinski definition) is 4. The van der Waals surface area contributed by atoms with Gasteiger partial charge in [-0.3, -0.25) is 10.1 Å². The van der Waals surface area contributed by atoms with Gasteiger partial charge in [-0.2, -0.15) is 13.2 Å². The van der Waals surface area contributed by atoms with Gasteiger partial charge in [-0.1, -0.05) is 6.07 Å². The molecule has 0 spiro atoms. The smallest absolute Gasteiger partial charge is 0.391 e. The van der Waals surface area contributed by atoms with Crippen molar-refractivity contribution in [1.82, 2.24) is 0 Å². The van der Waals surface area contributed by atoms with Gasteiger partial charge in [0.1, 0.15) is 6.61 Å². The summed E-state index contributed by atoms with van der Waals surface area (Å²) in [6.45, 7) is -0.692. The summed E-state index contributed by atoms with van der Waals surface area (Å²) < 4.78 is 41.1. The molecule has 0 aliphatic rings. The third-order valence-corrected chi connectivity index (χ3v) is 2.65. The molecular formula is C10H9BrF3NO4. The number of rotatable bonds is 5. The van der Waals surface area contributed by atoms with Crippen LogP contribution in [-0.2, 0) is 0 Å². The highest BCUT2D eigenvalue weighted by Crippen LogP contribution is 2.35. The van der Waals surface area contributed by atoms with Gasteiger partial charge in [0.15, 0.2) is 0 Å². The highest BCUT2D eigenvalue weighted by Gasteiger charge is 2.31. The molecule has 19 heavy (non-hydrogen) atoms. The van der Waals surface area contributed by atoms with Crippen molar-refractivity contribution >= 4 is 21.6 Å². The van der Waals surface area contributed by atoms with Crippen molar-refractivity contribution in [1.29, 1.82) is 0 Å². The van der Waals surface area contributed by atoms with E-state index in [-0.39, 0.29) is 10.2 Å². The summed E-state index contributed by atoms with van der Waals surface area (Å²) in [4.78, 5) is 9.98. The van der Waals surface area contributed by atoms with Crippen LogP contribution in [0.15, 0.2) is 22.7 Å². The molecule has 1 N–H and O–H groups in total. The average molecular weight is 344 g/mol. The number of alkyl halides is 3. The number of hydrogen-bond donors (Lipinski definition) is 1. The number of ether oxygens (including phenoxy) is 1. The van der Waals surface area contributed by atoms with Crippen molar-refractivity contribution in [3.63, 3.8) is 0 Å². The zero-order valence-electron chi connectivity index (χ0n) is 9.35. The number of aliphatic hydroxyl groups is 1. The fraction of sp³-hybridized carbons (Fsp3) is 0.400. The molecule has 0 aliphatic carbocycles. The minimum Gasteiger partial charge on any atom is -0.483 e. The van der Waals surface area contributed by atoms with Crippen LogP contribution in [-0.4, -0.2) is 28.9 Å². The molecule has 0 unspecified atom stereocenters. The Hall–Kier alpha value is -1.35. The van der Waals surface area contributed by atoms with E-state index in [0.717, 1.165) is 6.07 Å². The number of nitro benzene ring substituents is 1. The van der Waals surface area contributed by atoms with Gasteiger partial charge in [0, 0.05) is 6.07 Å². The Morgan fingerprint density at radius 2 is 2.11 bits per heavy atom. The summed E-state index contributed by atoms with van der Waals surface area (Å²) in [5.74, 6) is -0.214. The van der Waals surface area contributed by atoms with Crippen LogP contribution in [0.1, 0.15) is 6.42 Å². The van der Waals surface area contributed by atoms with E-state index in [1.165, 1.54) is 12.1 Å². The first-order chi connectivity index (χ1) is 8.70. The third kappa shape index (κ3) is 5.03. The molecule has 1 atom stereocenters. The predicted molar refractivity (Wildman–Crippen MR) is 63.0 cm³/mol. The first-order valence-electron chi connectivity index (χ1n) is 5.01.